The number of ether oxygens (including phenoxy) is 1. The minimum absolute atomic E-state index is 0.0598. The highest BCUT2D eigenvalue weighted by molar-refractivity contribution is 9.10. The summed E-state index contributed by atoms with van der Waals surface area (Å²) in [5.41, 5.74) is 6.79. The maximum absolute atomic E-state index is 12.1. The lowest BCUT2D eigenvalue weighted by Crippen LogP contribution is -2.24. The SMILES string of the molecule is CCOC(=O)c1ccc(NC(=O)C2C=CC(N)C2)c(Br)c1. The third-order valence-corrected chi connectivity index (χ3v) is 3.85. The summed E-state index contributed by atoms with van der Waals surface area (Å²) in [6.07, 6.45) is 4.27. The van der Waals surface area contributed by atoms with Gasteiger partial charge >= 0.3 is 5.97 Å². The first-order valence-electron chi connectivity index (χ1n) is 6.72. The standard InChI is InChI=1S/C15H17BrN2O3/c1-2-21-15(20)10-4-6-13(12(16)8-10)18-14(19)9-3-5-11(17)7-9/h3-6,8-9,11H,2,7,17H2,1H3,(H,18,19). The number of hydrogen-bond acceptors (Lipinski definition) is 4. The second-order valence-corrected chi connectivity index (χ2v) is 5.65. The maximum atomic E-state index is 12.1. The number of benzene rings is 1. The van der Waals surface area contributed by atoms with Gasteiger partial charge in [-0.15, -0.1) is 0 Å². The van der Waals surface area contributed by atoms with Gasteiger partial charge in [-0.05, 0) is 47.5 Å². The molecule has 3 N–H and O–H groups in total. The van der Waals surface area contributed by atoms with Crippen LogP contribution in [0.25, 0.3) is 0 Å². The fourth-order valence-corrected chi connectivity index (χ4v) is 2.58. The molecule has 0 radical (unpaired) electrons. The molecule has 5 nitrogen and oxygen atoms in total. The van der Waals surface area contributed by atoms with E-state index >= 15 is 0 Å². The van der Waals surface area contributed by atoms with Crippen molar-refractivity contribution in [3.63, 3.8) is 0 Å². The van der Waals surface area contributed by atoms with Crippen LogP contribution in [0.3, 0.4) is 0 Å². The molecule has 2 rings (SSSR count). The van der Waals surface area contributed by atoms with Crippen LogP contribution in [0.15, 0.2) is 34.8 Å². The highest BCUT2D eigenvalue weighted by atomic mass is 79.9. The van der Waals surface area contributed by atoms with Crippen LogP contribution in [-0.4, -0.2) is 24.5 Å². The second-order valence-electron chi connectivity index (χ2n) is 4.80. The lowest BCUT2D eigenvalue weighted by molar-refractivity contribution is -0.118. The Balaban J connectivity index is 2.06. The number of nitrogens with one attached hydrogen (secondary N) is 1. The van der Waals surface area contributed by atoms with E-state index in [1.54, 1.807) is 25.1 Å². The van der Waals surface area contributed by atoms with Crippen LogP contribution < -0.4 is 11.1 Å². The molecule has 6 heteroatoms. The maximum Gasteiger partial charge on any atom is 0.338 e. The van der Waals surface area contributed by atoms with Gasteiger partial charge in [0.1, 0.15) is 0 Å². The molecule has 1 aromatic rings. The van der Waals surface area contributed by atoms with E-state index in [4.69, 9.17) is 10.5 Å². The lowest BCUT2D eigenvalue weighted by atomic mass is 10.1. The largest absolute Gasteiger partial charge is 0.462 e. The molecule has 1 aromatic carbocycles. The quantitative estimate of drug-likeness (QED) is 0.644. The van der Waals surface area contributed by atoms with Crippen LogP contribution in [-0.2, 0) is 9.53 Å². The molecule has 0 saturated heterocycles. The minimum Gasteiger partial charge on any atom is -0.462 e. The number of esters is 1. The molecule has 0 aromatic heterocycles. The zero-order valence-electron chi connectivity index (χ0n) is 11.6. The summed E-state index contributed by atoms with van der Waals surface area (Å²) in [7, 11) is 0. The van der Waals surface area contributed by atoms with Crippen molar-refractivity contribution in [2.24, 2.45) is 11.7 Å². The number of halogens is 1. The van der Waals surface area contributed by atoms with Crippen molar-refractivity contribution >= 4 is 33.5 Å². The second kappa shape index (κ2) is 6.87. The number of carbonyl (C=O) groups is 2. The Hall–Kier alpha value is -1.66. The van der Waals surface area contributed by atoms with Crippen molar-refractivity contribution in [3.05, 3.63) is 40.4 Å². The smallest absolute Gasteiger partial charge is 0.338 e. The van der Waals surface area contributed by atoms with Gasteiger partial charge in [-0.1, -0.05) is 12.2 Å². The summed E-state index contributed by atoms with van der Waals surface area (Å²) in [5.74, 6) is -0.707. The number of anilines is 1. The average Bonchev–Trinajstić information content (AvgIpc) is 2.88. The van der Waals surface area contributed by atoms with Crippen molar-refractivity contribution in [2.75, 3.05) is 11.9 Å². The predicted octanol–water partition coefficient (Wildman–Crippen LogP) is 2.47. The van der Waals surface area contributed by atoms with Crippen LogP contribution in [0.1, 0.15) is 23.7 Å². The Kier molecular flexibility index (Phi) is 5.14. The molecule has 0 heterocycles. The fourth-order valence-electron chi connectivity index (χ4n) is 2.10. The first-order valence-corrected chi connectivity index (χ1v) is 7.52. The minimum atomic E-state index is -0.388. The van der Waals surface area contributed by atoms with E-state index in [-0.39, 0.29) is 23.8 Å². The Morgan fingerprint density at radius 2 is 2.19 bits per heavy atom. The number of hydrogen-bond donors (Lipinski definition) is 2. The molecule has 0 fully saturated rings. The van der Waals surface area contributed by atoms with Crippen LogP contribution >= 0.6 is 15.9 Å². The van der Waals surface area contributed by atoms with Gasteiger partial charge in [-0.25, -0.2) is 4.79 Å². The Morgan fingerprint density at radius 3 is 2.76 bits per heavy atom. The van der Waals surface area contributed by atoms with E-state index in [0.717, 1.165) is 0 Å². The third kappa shape index (κ3) is 3.92. The third-order valence-electron chi connectivity index (χ3n) is 3.19. The highest BCUT2D eigenvalue weighted by Gasteiger charge is 2.23. The molecule has 21 heavy (non-hydrogen) atoms. The van der Waals surface area contributed by atoms with Gasteiger partial charge in [0, 0.05) is 10.5 Å². The first-order chi connectivity index (χ1) is 10.0. The van der Waals surface area contributed by atoms with E-state index in [0.29, 0.717) is 28.8 Å². The lowest BCUT2D eigenvalue weighted by Gasteiger charge is -2.12. The summed E-state index contributed by atoms with van der Waals surface area (Å²) in [4.78, 5) is 23.7. The molecule has 0 aliphatic heterocycles. The molecule has 1 amide bonds. The summed E-state index contributed by atoms with van der Waals surface area (Å²) in [5, 5.41) is 2.83. The molecule has 0 spiro atoms. The predicted molar refractivity (Wildman–Crippen MR) is 84.0 cm³/mol. The molecule has 2 unspecified atom stereocenters. The van der Waals surface area contributed by atoms with Gasteiger partial charge in [0.25, 0.3) is 0 Å². The van der Waals surface area contributed by atoms with Crippen molar-refractivity contribution in [2.45, 2.75) is 19.4 Å². The van der Waals surface area contributed by atoms with Gasteiger partial charge in [0.15, 0.2) is 0 Å². The fraction of sp³-hybridized carbons (Fsp3) is 0.333. The summed E-state index contributed by atoms with van der Waals surface area (Å²) >= 11 is 3.35. The number of amides is 1. The van der Waals surface area contributed by atoms with Crippen LogP contribution in [0, 0.1) is 5.92 Å². The van der Waals surface area contributed by atoms with Gasteiger partial charge < -0.3 is 15.8 Å². The highest BCUT2D eigenvalue weighted by Crippen LogP contribution is 2.26. The summed E-state index contributed by atoms with van der Waals surface area (Å²) in [6.45, 7) is 2.07. The summed E-state index contributed by atoms with van der Waals surface area (Å²) < 4.78 is 5.56. The molecule has 2 atom stereocenters. The van der Waals surface area contributed by atoms with Crippen molar-refractivity contribution in [1.82, 2.24) is 0 Å². The Morgan fingerprint density at radius 1 is 1.43 bits per heavy atom. The van der Waals surface area contributed by atoms with E-state index in [2.05, 4.69) is 21.2 Å². The average molecular weight is 353 g/mol. The van der Waals surface area contributed by atoms with Crippen LogP contribution in [0.5, 0.6) is 0 Å². The van der Waals surface area contributed by atoms with Crippen LogP contribution in [0.4, 0.5) is 5.69 Å². The molecule has 112 valence electrons. The van der Waals surface area contributed by atoms with E-state index in [1.165, 1.54) is 0 Å². The van der Waals surface area contributed by atoms with Crippen molar-refractivity contribution in [3.8, 4) is 0 Å². The Labute approximate surface area is 131 Å². The zero-order chi connectivity index (χ0) is 15.4. The molecule has 1 aliphatic rings. The van der Waals surface area contributed by atoms with Crippen molar-refractivity contribution < 1.29 is 14.3 Å². The van der Waals surface area contributed by atoms with Gasteiger partial charge in [0.2, 0.25) is 5.91 Å². The Bertz CT molecular complexity index is 586. The van der Waals surface area contributed by atoms with Gasteiger partial charge in [-0.3, -0.25) is 4.79 Å². The molecular formula is C15H17BrN2O3. The van der Waals surface area contributed by atoms with E-state index in [9.17, 15) is 9.59 Å². The normalized spacial score (nSPS) is 20.3. The topological polar surface area (TPSA) is 81.4 Å². The monoisotopic (exact) mass is 352 g/mol. The van der Waals surface area contributed by atoms with Gasteiger partial charge in [-0.2, -0.15) is 0 Å². The van der Waals surface area contributed by atoms with Gasteiger partial charge in [0.05, 0.1) is 23.8 Å². The molecule has 0 saturated carbocycles. The number of carbonyl (C=O) groups excluding carboxylic acids is 2. The van der Waals surface area contributed by atoms with Crippen LogP contribution in [0.2, 0.25) is 0 Å². The zero-order valence-corrected chi connectivity index (χ0v) is 13.2. The number of rotatable bonds is 4. The molecular weight excluding hydrogens is 336 g/mol. The first kappa shape index (κ1) is 15.7. The van der Waals surface area contributed by atoms with E-state index < -0.39 is 0 Å². The summed E-state index contributed by atoms with van der Waals surface area (Å²) in [6, 6.07) is 4.86. The molecule has 0 bridgehead atoms. The van der Waals surface area contributed by atoms with E-state index in [1.807, 2.05) is 12.2 Å². The molecule has 1 aliphatic carbocycles. The van der Waals surface area contributed by atoms with Crippen molar-refractivity contribution in [1.29, 1.82) is 0 Å². The number of nitrogens with two attached hydrogens (primary N) is 1.